The van der Waals surface area contributed by atoms with E-state index < -0.39 is 0 Å². The Kier molecular flexibility index (Phi) is 4.15. The number of hydrogen-bond donors (Lipinski definition) is 0. The molecule has 3 saturated carbocycles. The number of amides is 2. The summed E-state index contributed by atoms with van der Waals surface area (Å²) < 4.78 is 0. The molecule has 27 heavy (non-hydrogen) atoms. The van der Waals surface area contributed by atoms with Crippen molar-refractivity contribution in [2.75, 3.05) is 26.2 Å². The molecule has 1 spiro atoms. The van der Waals surface area contributed by atoms with Crippen LogP contribution in [0.15, 0.2) is 0 Å². The third-order valence-corrected chi connectivity index (χ3v) is 8.75. The minimum Gasteiger partial charge on any atom is -0.342 e. The molecule has 0 bridgehead atoms. The number of carbonyl (C=O) groups is 2. The average Bonchev–Trinajstić information content (AvgIpc) is 3.53. The summed E-state index contributed by atoms with van der Waals surface area (Å²) in [7, 11) is 0. The highest BCUT2D eigenvalue weighted by Gasteiger charge is 2.54. The van der Waals surface area contributed by atoms with Crippen molar-refractivity contribution >= 4 is 11.8 Å². The fourth-order valence-electron chi connectivity index (χ4n) is 6.20. The fourth-order valence-corrected chi connectivity index (χ4v) is 6.20. The van der Waals surface area contributed by atoms with E-state index in [1.165, 1.54) is 25.7 Å². The summed E-state index contributed by atoms with van der Waals surface area (Å²) in [6, 6.07) is 0. The van der Waals surface area contributed by atoms with Crippen LogP contribution in [0.1, 0.15) is 71.6 Å². The Morgan fingerprint density at radius 1 is 0.889 bits per heavy atom. The zero-order chi connectivity index (χ0) is 18.8. The molecule has 5 fully saturated rings. The standard InChI is InChI=1S/C23H36N2O2/c1-16-5-7-22(2,8-6-16)21(27)25-14-23(15-25)9-11-24(12-10-23)20(26)19-13-18(19)17-3-4-17/h16-19H,3-15H2,1-2H3/t16?,18-,19+,22?/m0/s1. The summed E-state index contributed by atoms with van der Waals surface area (Å²) in [6.07, 6.45) is 10.6. The summed E-state index contributed by atoms with van der Waals surface area (Å²) >= 11 is 0. The van der Waals surface area contributed by atoms with E-state index in [0.29, 0.717) is 23.1 Å². The molecule has 5 aliphatic rings. The van der Waals surface area contributed by atoms with Gasteiger partial charge in [0.2, 0.25) is 11.8 Å². The van der Waals surface area contributed by atoms with Crippen LogP contribution in [0.5, 0.6) is 0 Å². The lowest BCUT2D eigenvalue weighted by atomic mass is 9.67. The number of rotatable bonds is 3. The molecule has 0 N–H and O–H groups in total. The molecule has 5 rings (SSSR count). The zero-order valence-corrected chi connectivity index (χ0v) is 17.2. The molecule has 150 valence electrons. The first-order chi connectivity index (χ1) is 12.9. The van der Waals surface area contributed by atoms with E-state index in [1.807, 2.05) is 0 Å². The maximum atomic E-state index is 13.1. The lowest BCUT2D eigenvalue weighted by Crippen LogP contribution is -2.64. The summed E-state index contributed by atoms with van der Waals surface area (Å²) in [6.45, 7) is 8.22. The highest BCUT2D eigenvalue weighted by Crippen LogP contribution is 2.55. The zero-order valence-electron chi connectivity index (χ0n) is 17.2. The molecule has 2 atom stereocenters. The second kappa shape index (κ2) is 6.22. The van der Waals surface area contributed by atoms with Gasteiger partial charge in [-0.3, -0.25) is 9.59 Å². The second-order valence-electron chi connectivity index (χ2n) is 11.1. The summed E-state index contributed by atoms with van der Waals surface area (Å²) in [4.78, 5) is 30.1. The number of likely N-dealkylation sites (tertiary alicyclic amines) is 2. The molecular weight excluding hydrogens is 336 g/mol. The van der Waals surface area contributed by atoms with Crippen LogP contribution in [0.4, 0.5) is 0 Å². The molecule has 4 nitrogen and oxygen atoms in total. The molecule has 0 unspecified atom stereocenters. The molecule has 2 aliphatic heterocycles. The van der Waals surface area contributed by atoms with Crippen molar-refractivity contribution in [3.8, 4) is 0 Å². The first-order valence-corrected chi connectivity index (χ1v) is 11.5. The normalized spacial score (nSPS) is 40.6. The van der Waals surface area contributed by atoms with Crippen molar-refractivity contribution in [3.63, 3.8) is 0 Å². The smallest absolute Gasteiger partial charge is 0.228 e. The van der Waals surface area contributed by atoms with Crippen molar-refractivity contribution in [2.24, 2.45) is 34.5 Å². The molecular formula is C23H36N2O2. The number of hydrogen-bond acceptors (Lipinski definition) is 2. The van der Waals surface area contributed by atoms with Crippen LogP contribution < -0.4 is 0 Å². The molecule has 3 aliphatic carbocycles. The number of nitrogens with zero attached hydrogens (tertiary/aromatic N) is 2. The van der Waals surface area contributed by atoms with Crippen molar-refractivity contribution in [3.05, 3.63) is 0 Å². The highest BCUT2D eigenvalue weighted by molar-refractivity contribution is 5.84. The monoisotopic (exact) mass is 372 g/mol. The molecule has 4 heteroatoms. The quantitative estimate of drug-likeness (QED) is 0.758. The Bertz CT molecular complexity index is 616. The van der Waals surface area contributed by atoms with E-state index in [0.717, 1.165) is 76.0 Å². The van der Waals surface area contributed by atoms with E-state index in [1.54, 1.807) is 0 Å². The van der Waals surface area contributed by atoms with Gasteiger partial charge in [0, 0.05) is 42.9 Å². The lowest BCUT2D eigenvalue weighted by molar-refractivity contribution is -0.161. The number of piperidine rings is 1. The van der Waals surface area contributed by atoms with E-state index in [9.17, 15) is 9.59 Å². The van der Waals surface area contributed by atoms with Gasteiger partial charge in [-0.15, -0.1) is 0 Å². The van der Waals surface area contributed by atoms with Gasteiger partial charge in [0.25, 0.3) is 0 Å². The van der Waals surface area contributed by atoms with Crippen molar-refractivity contribution in [1.29, 1.82) is 0 Å². The predicted octanol–water partition coefficient (Wildman–Crippen LogP) is 3.70. The van der Waals surface area contributed by atoms with Crippen molar-refractivity contribution in [1.82, 2.24) is 9.80 Å². The molecule has 0 aromatic rings. The van der Waals surface area contributed by atoms with E-state index >= 15 is 0 Å². The second-order valence-corrected chi connectivity index (χ2v) is 11.1. The molecule has 2 amide bonds. The summed E-state index contributed by atoms with van der Waals surface area (Å²) in [5.41, 5.74) is 0.193. The van der Waals surface area contributed by atoms with Crippen LogP contribution in [0.2, 0.25) is 0 Å². The summed E-state index contributed by atoms with van der Waals surface area (Å²) in [5, 5.41) is 0. The Hall–Kier alpha value is -1.06. The van der Waals surface area contributed by atoms with Gasteiger partial charge in [-0.1, -0.05) is 13.8 Å². The topological polar surface area (TPSA) is 40.6 Å². The molecule has 2 saturated heterocycles. The largest absolute Gasteiger partial charge is 0.342 e. The number of carbonyl (C=O) groups excluding carboxylic acids is 2. The molecule has 0 aromatic carbocycles. The Morgan fingerprint density at radius 3 is 2.11 bits per heavy atom. The third-order valence-electron chi connectivity index (χ3n) is 8.75. The van der Waals surface area contributed by atoms with Gasteiger partial charge in [-0.05, 0) is 75.5 Å². The molecule has 0 aromatic heterocycles. The first kappa shape index (κ1) is 18.0. The fraction of sp³-hybridized carbons (Fsp3) is 0.913. The third kappa shape index (κ3) is 3.21. The van der Waals surface area contributed by atoms with Crippen LogP contribution in [0.25, 0.3) is 0 Å². The van der Waals surface area contributed by atoms with E-state index in [2.05, 4.69) is 23.6 Å². The Morgan fingerprint density at radius 2 is 1.52 bits per heavy atom. The highest BCUT2D eigenvalue weighted by atomic mass is 16.2. The van der Waals surface area contributed by atoms with Crippen molar-refractivity contribution < 1.29 is 9.59 Å². The van der Waals surface area contributed by atoms with Crippen LogP contribution in [-0.2, 0) is 9.59 Å². The van der Waals surface area contributed by atoms with Gasteiger partial charge in [0.05, 0.1) is 0 Å². The molecule has 2 heterocycles. The lowest BCUT2D eigenvalue weighted by Gasteiger charge is -2.56. The average molecular weight is 373 g/mol. The Balaban J connectivity index is 1.10. The van der Waals surface area contributed by atoms with Crippen LogP contribution in [-0.4, -0.2) is 47.8 Å². The van der Waals surface area contributed by atoms with Crippen LogP contribution >= 0.6 is 0 Å². The Labute approximate surface area is 164 Å². The van der Waals surface area contributed by atoms with Crippen LogP contribution in [0.3, 0.4) is 0 Å². The minimum absolute atomic E-state index is 0.116. The maximum absolute atomic E-state index is 13.1. The van der Waals surface area contributed by atoms with Crippen molar-refractivity contribution in [2.45, 2.75) is 71.6 Å². The van der Waals surface area contributed by atoms with Gasteiger partial charge >= 0.3 is 0 Å². The first-order valence-electron chi connectivity index (χ1n) is 11.5. The van der Waals surface area contributed by atoms with Gasteiger partial charge in [0.1, 0.15) is 0 Å². The SMILES string of the molecule is CC1CCC(C)(C(=O)N2CC3(CCN(C(=O)[C@@H]4C[C@H]4C4CC4)CC3)C2)CC1. The minimum atomic E-state index is -0.116. The summed E-state index contributed by atoms with van der Waals surface area (Å²) in [5.74, 6) is 3.59. The van der Waals surface area contributed by atoms with Gasteiger partial charge in [-0.2, -0.15) is 0 Å². The van der Waals surface area contributed by atoms with Gasteiger partial charge in [-0.25, -0.2) is 0 Å². The predicted molar refractivity (Wildman–Crippen MR) is 105 cm³/mol. The van der Waals surface area contributed by atoms with E-state index in [4.69, 9.17) is 0 Å². The van der Waals surface area contributed by atoms with Gasteiger partial charge in [0.15, 0.2) is 0 Å². The molecule has 0 radical (unpaired) electrons. The maximum Gasteiger partial charge on any atom is 0.228 e. The van der Waals surface area contributed by atoms with Gasteiger partial charge < -0.3 is 9.80 Å². The van der Waals surface area contributed by atoms with Crippen LogP contribution in [0, 0.1) is 34.5 Å². The van der Waals surface area contributed by atoms with E-state index in [-0.39, 0.29) is 5.41 Å².